The lowest BCUT2D eigenvalue weighted by Gasteiger charge is -2.10. The zero-order valence-corrected chi connectivity index (χ0v) is 10.1. The minimum Gasteiger partial charge on any atom is -0.360 e. The average molecular weight is 241 g/mol. The molecule has 4 heteroatoms. The van der Waals surface area contributed by atoms with Gasteiger partial charge in [0.1, 0.15) is 0 Å². The van der Waals surface area contributed by atoms with Gasteiger partial charge < -0.3 is 10.6 Å². The van der Waals surface area contributed by atoms with Crippen molar-refractivity contribution in [1.29, 1.82) is 0 Å². The average Bonchev–Trinajstić information content (AvgIpc) is 2.95. The Morgan fingerprint density at radius 3 is 2.80 bits per heavy atom. The minimum atomic E-state index is 0.575. The molecule has 0 unspecified atom stereocenters. The third-order valence-corrected chi connectivity index (χ3v) is 2.97. The van der Waals surface area contributed by atoms with Crippen LogP contribution in [0, 0.1) is 6.92 Å². The van der Waals surface area contributed by atoms with Gasteiger partial charge in [-0.05, 0) is 49.7 Å². The van der Waals surface area contributed by atoms with Gasteiger partial charge in [0.2, 0.25) is 0 Å². The standard InChI is InChI=1S/C11H13ClN2S/c1-7-2-3-9(6-10(7)12)14-11(15)13-8-4-5-8/h2-3,6,8H,4-5H2,1H3,(H2,13,14,15). The highest BCUT2D eigenvalue weighted by Gasteiger charge is 2.21. The third-order valence-electron chi connectivity index (χ3n) is 2.34. The first-order valence-corrected chi connectivity index (χ1v) is 5.77. The normalized spacial score (nSPS) is 14.8. The first-order valence-electron chi connectivity index (χ1n) is 4.99. The summed E-state index contributed by atoms with van der Waals surface area (Å²) in [6.07, 6.45) is 2.44. The lowest BCUT2D eigenvalue weighted by molar-refractivity contribution is 0.919. The Morgan fingerprint density at radius 1 is 1.47 bits per heavy atom. The van der Waals surface area contributed by atoms with Crippen molar-refractivity contribution in [2.24, 2.45) is 0 Å². The molecule has 0 bridgehead atoms. The maximum Gasteiger partial charge on any atom is 0.170 e. The molecule has 0 amide bonds. The first-order chi connectivity index (χ1) is 7.15. The molecule has 1 saturated carbocycles. The van der Waals surface area contributed by atoms with E-state index in [-0.39, 0.29) is 0 Å². The molecule has 0 radical (unpaired) electrons. The second-order valence-corrected chi connectivity index (χ2v) is 4.65. The van der Waals surface area contributed by atoms with Crippen LogP contribution in [0.4, 0.5) is 5.69 Å². The molecule has 15 heavy (non-hydrogen) atoms. The van der Waals surface area contributed by atoms with Gasteiger partial charge in [0.05, 0.1) is 0 Å². The van der Waals surface area contributed by atoms with Crippen molar-refractivity contribution in [3.63, 3.8) is 0 Å². The van der Waals surface area contributed by atoms with Gasteiger partial charge in [-0.15, -0.1) is 0 Å². The van der Waals surface area contributed by atoms with E-state index in [9.17, 15) is 0 Å². The predicted octanol–water partition coefficient (Wildman–Crippen LogP) is 3.10. The molecule has 1 aromatic carbocycles. The quantitative estimate of drug-likeness (QED) is 0.777. The van der Waals surface area contributed by atoms with Gasteiger partial charge in [-0.2, -0.15) is 0 Å². The maximum atomic E-state index is 6.01. The maximum absolute atomic E-state index is 6.01. The fourth-order valence-electron chi connectivity index (χ4n) is 1.25. The fourth-order valence-corrected chi connectivity index (χ4v) is 1.72. The molecule has 0 saturated heterocycles. The van der Waals surface area contributed by atoms with E-state index in [2.05, 4.69) is 10.6 Å². The molecule has 2 rings (SSSR count). The van der Waals surface area contributed by atoms with Gasteiger partial charge in [0.15, 0.2) is 5.11 Å². The van der Waals surface area contributed by atoms with Crippen LogP contribution in [-0.4, -0.2) is 11.2 Å². The van der Waals surface area contributed by atoms with Crippen molar-refractivity contribution >= 4 is 34.6 Å². The smallest absolute Gasteiger partial charge is 0.170 e. The van der Waals surface area contributed by atoms with Crippen LogP contribution in [0.2, 0.25) is 5.02 Å². The Hall–Kier alpha value is -0.800. The summed E-state index contributed by atoms with van der Waals surface area (Å²) in [6.45, 7) is 1.98. The molecule has 2 nitrogen and oxygen atoms in total. The Labute approximate surface area is 100 Å². The van der Waals surface area contributed by atoms with E-state index in [0.717, 1.165) is 16.3 Å². The van der Waals surface area contributed by atoms with Crippen LogP contribution in [-0.2, 0) is 0 Å². The van der Waals surface area contributed by atoms with Gasteiger partial charge in [-0.1, -0.05) is 17.7 Å². The van der Waals surface area contributed by atoms with Gasteiger partial charge in [-0.25, -0.2) is 0 Å². The van der Waals surface area contributed by atoms with Gasteiger partial charge in [0.25, 0.3) is 0 Å². The van der Waals surface area contributed by atoms with E-state index in [1.807, 2.05) is 25.1 Å². The lowest BCUT2D eigenvalue weighted by Crippen LogP contribution is -2.30. The molecule has 0 heterocycles. The van der Waals surface area contributed by atoms with E-state index in [4.69, 9.17) is 23.8 Å². The molecule has 1 aromatic rings. The summed E-state index contributed by atoms with van der Waals surface area (Å²) in [5, 5.41) is 7.77. The predicted molar refractivity (Wildman–Crippen MR) is 68.6 cm³/mol. The van der Waals surface area contributed by atoms with E-state index >= 15 is 0 Å². The monoisotopic (exact) mass is 240 g/mol. The fraction of sp³-hybridized carbons (Fsp3) is 0.364. The van der Waals surface area contributed by atoms with Crippen molar-refractivity contribution in [3.8, 4) is 0 Å². The molecule has 0 aliphatic heterocycles. The molecule has 0 atom stereocenters. The highest BCUT2D eigenvalue weighted by molar-refractivity contribution is 7.80. The molecule has 0 aromatic heterocycles. The van der Waals surface area contributed by atoms with Crippen molar-refractivity contribution in [1.82, 2.24) is 5.32 Å². The molecular formula is C11H13ClN2S. The summed E-state index contributed by atoms with van der Waals surface area (Å²) in [7, 11) is 0. The van der Waals surface area contributed by atoms with E-state index in [0.29, 0.717) is 11.2 Å². The Balaban J connectivity index is 1.97. The van der Waals surface area contributed by atoms with Crippen LogP contribution in [0.1, 0.15) is 18.4 Å². The van der Waals surface area contributed by atoms with Crippen LogP contribution in [0.5, 0.6) is 0 Å². The van der Waals surface area contributed by atoms with Crippen molar-refractivity contribution in [3.05, 3.63) is 28.8 Å². The molecule has 0 spiro atoms. The molecule has 1 aliphatic rings. The number of hydrogen-bond acceptors (Lipinski definition) is 1. The number of hydrogen-bond donors (Lipinski definition) is 2. The number of thiocarbonyl (C=S) groups is 1. The molecule has 1 fully saturated rings. The Bertz CT molecular complexity index is 388. The highest BCUT2D eigenvalue weighted by atomic mass is 35.5. The molecular weight excluding hydrogens is 228 g/mol. The molecule has 2 N–H and O–H groups in total. The van der Waals surface area contributed by atoms with Crippen molar-refractivity contribution < 1.29 is 0 Å². The van der Waals surface area contributed by atoms with E-state index < -0.39 is 0 Å². The zero-order valence-electron chi connectivity index (χ0n) is 8.51. The Kier molecular flexibility index (Phi) is 3.12. The molecule has 80 valence electrons. The second kappa shape index (κ2) is 4.37. The van der Waals surface area contributed by atoms with Crippen molar-refractivity contribution in [2.75, 3.05) is 5.32 Å². The highest BCUT2D eigenvalue weighted by Crippen LogP contribution is 2.21. The molecule has 1 aliphatic carbocycles. The number of anilines is 1. The largest absolute Gasteiger partial charge is 0.360 e. The van der Waals surface area contributed by atoms with Crippen LogP contribution >= 0.6 is 23.8 Å². The number of nitrogens with one attached hydrogen (secondary N) is 2. The summed E-state index contributed by atoms with van der Waals surface area (Å²) in [4.78, 5) is 0. The topological polar surface area (TPSA) is 24.1 Å². The summed E-state index contributed by atoms with van der Waals surface area (Å²) >= 11 is 11.2. The van der Waals surface area contributed by atoms with Crippen LogP contribution in [0.25, 0.3) is 0 Å². The van der Waals surface area contributed by atoms with Gasteiger partial charge in [0, 0.05) is 16.8 Å². The van der Waals surface area contributed by atoms with Crippen LogP contribution in [0.15, 0.2) is 18.2 Å². The van der Waals surface area contributed by atoms with E-state index in [1.54, 1.807) is 0 Å². The summed E-state index contributed by atoms with van der Waals surface area (Å²) in [5.41, 5.74) is 2.01. The summed E-state index contributed by atoms with van der Waals surface area (Å²) in [6, 6.07) is 6.41. The SMILES string of the molecule is Cc1ccc(NC(=S)NC2CC2)cc1Cl. The number of halogens is 1. The van der Waals surface area contributed by atoms with E-state index in [1.165, 1.54) is 12.8 Å². The lowest BCUT2D eigenvalue weighted by atomic mass is 10.2. The van der Waals surface area contributed by atoms with Gasteiger partial charge >= 0.3 is 0 Å². The number of benzene rings is 1. The number of rotatable bonds is 2. The first kappa shape index (κ1) is 10.7. The zero-order chi connectivity index (χ0) is 10.8. The number of aryl methyl sites for hydroxylation is 1. The van der Waals surface area contributed by atoms with Crippen LogP contribution in [0.3, 0.4) is 0 Å². The van der Waals surface area contributed by atoms with Gasteiger partial charge in [-0.3, -0.25) is 0 Å². The summed E-state index contributed by atoms with van der Waals surface area (Å²) < 4.78 is 0. The summed E-state index contributed by atoms with van der Waals surface area (Å²) in [5.74, 6) is 0. The Morgan fingerprint density at radius 2 is 2.20 bits per heavy atom. The minimum absolute atomic E-state index is 0.575. The van der Waals surface area contributed by atoms with Crippen LogP contribution < -0.4 is 10.6 Å². The third kappa shape index (κ3) is 3.08. The second-order valence-electron chi connectivity index (χ2n) is 3.84. The van der Waals surface area contributed by atoms with Crippen molar-refractivity contribution in [2.45, 2.75) is 25.8 Å².